The summed E-state index contributed by atoms with van der Waals surface area (Å²) in [6.45, 7) is 4.71. The summed E-state index contributed by atoms with van der Waals surface area (Å²) in [6, 6.07) is 5.28. The molecule has 0 heterocycles. The molecule has 1 rings (SSSR count). The van der Waals surface area contributed by atoms with Gasteiger partial charge < -0.3 is 26.1 Å². The van der Waals surface area contributed by atoms with Gasteiger partial charge in [0.25, 0.3) is 0 Å². The minimum absolute atomic E-state index is 0.0504. The van der Waals surface area contributed by atoms with Crippen molar-refractivity contribution in [3.8, 4) is 5.75 Å². The van der Waals surface area contributed by atoms with E-state index in [9.17, 15) is 5.11 Å². The van der Waals surface area contributed by atoms with Crippen molar-refractivity contribution >= 4 is 5.84 Å². The quantitative estimate of drug-likeness (QED) is 0.259. The van der Waals surface area contributed by atoms with Gasteiger partial charge in [0, 0.05) is 24.2 Å². The number of oxime groups is 1. The maximum absolute atomic E-state index is 9.94. The van der Waals surface area contributed by atoms with E-state index in [0.717, 1.165) is 5.56 Å². The van der Waals surface area contributed by atoms with Crippen molar-refractivity contribution in [1.29, 1.82) is 0 Å². The molecule has 0 amide bonds. The van der Waals surface area contributed by atoms with Crippen LogP contribution in [0.3, 0.4) is 0 Å². The Labute approximate surface area is 119 Å². The number of hydrogen-bond acceptors (Lipinski definition) is 5. The lowest BCUT2D eigenvalue weighted by atomic mass is 10.0. The molecule has 1 aromatic carbocycles. The van der Waals surface area contributed by atoms with Gasteiger partial charge in [-0.05, 0) is 31.5 Å². The van der Waals surface area contributed by atoms with Crippen LogP contribution in [0.2, 0.25) is 0 Å². The summed E-state index contributed by atoms with van der Waals surface area (Å²) in [5.74, 6) is 0.762. The molecular weight excluding hydrogens is 258 g/mol. The Balaban J connectivity index is 2.81. The monoisotopic (exact) mass is 281 g/mol. The zero-order valence-electron chi connectivity index (χ0n) is 12.2. The van der Waals surface area contributed by atoms with Crippen LogP contribution in [-0.2, 0) is 6.54 Å². The number of aliphatic hydroxyl groups is 1. The van der Waals surface area contributed by atoms with Gasteiger partial charge in [-0.15, -0.1) is 0 Å². The molecule has 0 fully saturated rings. The van der Waals surface area contributed by atoms with Gasteiger partial charge >= 0.3 is 0 Å². The Hall–Kier alpha value is -1.79. The number of nitrogens with zero attached hydrogens (tertiary/aromatic N) is 1. The first-order chi connectivity index (χ1) is 9.43. The van der Waals surface area contributed by atoms with Crippen molar-refractivity contribution in [1.82, 2.24) is 5.32 Å². The van der Waals surface area contributed by atoms with Crippen LogP contribution in [0.5, 0.6) is 5.75 Å². The first-order valence-corrected chi connectivity index (χ1v) is 6.51. The maximum Gasteiger partial charge on any atom is 0.170 e. The van der Waals surface area contributed by atoms with Crippen LogP contribution >= 0.6 is 0 Å². The lowest BCUT2D eigenvalue weighted by Crippen LogP contribution is -2.36. The topological polar surface area (TPSA) is 100 Å². The molecule has 0 aliphatic rings. The van der Waals surface area contributed by atoms with Gasteiger partial charge in [-0.1, -0.05) is 12.1 Å². The summed E-state index contributed by atoms with van der Waals surface area (Å²) in [5.41, 5.74) is 6.33. The number of methoxy groups -OCH3 is 1. The third-order valence-electron chi connectivity index (χ3n) is 3.27. The molecule has 0 aliphatic heterocycles. The summed E-state index contributed by atoms with van der Waals surface area (Å²) in [5, 5.41) is 24.8. The van der Waals surface area contributed by atoms with E-state index >= 15 is 0 Å². The largest absolute Gasteiger partial charge is 0.496 e. The Morgan fingerprint density at radius 3 is 2.75 bits per heavy atom. The van der Waals surface area contributed by atoms with Crippen LogP contribution in [0.4, 0.5) is 0 Å². The second-order valence-corrected chi connectivity index (χ2v) is 4.97. The lowest BCUT2D eigenvalue weighted by Gasteiger charge is -2.22. The highest BCUT2D eigenvalue weighted by molar-refractivity contribution is 5.97. The summed E-state index contributed by atoms with van der Waals surface area (Å²) < 4.78 is 5.28. The van der Waals surface area contributed by atoms with Crippen molar-refractivity contribution in [3.63, 3.8) is 0 Å². The number of nitrogens with two attached hydrogens (primary N) is 1. The van der Waals surface area contributed by atoms with Crippen LogP contribution in [0.1, 0.15) is 31.4 Å². The number of hydrogen-bond donors (Lipinski definition) is 4. The fraction of sp³-hybridized carbons (Fsp3) is 0.500. The van der Waals surface area contributed by atoms with Crippen LogP contribution in [0.15, 0.2) is 23.4 Å². The van der Waals surface area contributed by atoms with E-state index in [-0.39, 0.29) is 5.84 Å². The highest BCUT2D eigenvalue weighted by Crippen LogP contribution is 2.20. The Morgan fingerprint density at radius 2 is 2.20 bits per heavy atom. The van der Waals surface area contributed by atoms with Gasteiger partial charge in [0.2, 0.25) is 0 Å². The van der Waals surface area contributed by atoms with Gasteiger partial charge in [0.15, 0.2) is 5.84 Å². The molecule has 0 spiro atoms. The first kappa shape index (κ1) is 16.3. The SMILES string of the molecule is CCC(C)(O)CNCc1cc(/C(N)=N/O)ccc1OC. The fourth-order valence-electron chi connectivity index (χ4n) is 1.73. The van der Waals surface area contributed by atoms with E-state index in [1.165, 1.54) is 0 Å². The zero-order valence-corrected chi connectivity index (χ0v) is 12.2. The summed E-state index contributed by atoms with van der Waals surface area (Å²) in [4.78, 5) is 0. The molecule has 0 aliphatic carbocycles. The van der Waals surface area contributed by atoms with Crippen LogP contribution in [0.25, 0.3) is 0 Å². The molecule has 20 heavy (non-hydrogen) atoms. The fourth-order valence-corrected chi connectivity index (χ4v) is 1.73. The van der Waals surface area contributed by atoms with E-state index in [0.29, 0.717) is 30.8 Å². The molecule has 5 N–H and O–H groups in total. The second kappa shape index (κ2) is 7.12. The van der Waals surface area contributed by atoms with Crippen molar-refractivity contribution in [2.24, 2.45) is 10.9 Å². The highest BCUT2D eigenvalue weighted by Gasteiger charge is 2.17. The number of rotatable bonds is 7. The van der Waals surface area contributed by atoms with Crippen molar-refractivity contribution in [2.45, 2.75) is 32.4 Å². The Bertz CT molecular complexity index is 473. The van der Waals surface area contributed by atoms with E-state index < -0.39 is 5.60 Å². The average molecular weight is 281 g/mol. The van der Waals surface area contributed by atoms with Gasteiger partial charge in [-0.25, -0.2) is 0 Å². The summed E-state index contributed by atoms with van der Waals surface area (Å²) >= 11 is 0. The molecule has 6 heteroatoms. The summed E-state index contributed by atoms with van der Waals surface area (Å²) in [6.07, 6.45) is 0.668. The van der Waals surface area contributed by atoms with Crippen molar-refractivity contribution in [3.05, 3.63) is 29.3 Å². The maximum atomic E-state index is 9.94. The second-order valence-electron chi connectivity index (χ2n) is 4.97. The molecule has 0 radical (unpaired) electrons. The number of benzene rings is 1. The minimum Gasteiger partial charge on any atom is -0.496 e. The third-order valence-corrected chi connectivity index (χ3v) is 3.27. The predicted octanol–water partition coefficient (Wildman–Crippen LogP) is 1.04. The average Bonchev–Trinajstić information content (AvgIpc) is 2.46. The predicted molar refractivity (Wildman–Crippen MR) is 78.1 cm³/mol. The molecule has 0 saturated carbocycles. The van der Waals surface area contributed by atoms with Gasteiger partial charge in [-0.2, -0.15) is 0 Å². The van der Waals surface area contributed by atoms with E-state index in [4.69, 9.17) is 15.7 Å². The molecule has 6 nitrogen and oxygen atoms in total. The van der Waals surface area contributed by atoms with E-state index in [1.807, 2.05) is 6.92 Å². The zero-order chi connectivity index (χ0) is 15.2. The first-order valence-electron chi connectivity index (χ1n) is 6.51. The molecule has 112 valence electrons. The molecule has 0 aromatic heterocycles. The third kappa shape index (κ3) is 4.40. The smallest absolute Gasteiger partial charge is 0.170 e. The Kier molecular flexibility index (Phi) is 5.79. The number of amidine groups is 1. The molecule has 1 aromatic rings. The van der Waals surface area contributed by atoms with Gasteiger partial charge in [0.1, 0.15) is 5.75 Å². The van der Waals surface area contributed by atoms with Gasteiger partial charge in [-0.3, -0.25) is 0 Å². The van der Waals surface area contributed by atoms with Gasteiger partial charge in [0.05, 0.1) is 12.7 Å². The molecular formula is C14H23N3O3. The van der Waals surface area contributed by atoms with Crippen LogP contribution in [0, 0.1) is 0 Å². The molecule has 0 saturated heterocycles. The summed E-state index contributed by atoms with van der Waals surface area (Å²) in [7, 11) is 1.59. The van der Waals surface area contributed by atoms with Crippen molar-refractivity contribution < 1.29 is 15.1 Å². The Morgan fingerprint density at radius 1 is 1.50 bits per heavy atom. The van der Waals surface area contributed by atoms with Crippen LogP contribution in [-0.4, -0.2) is 35.4 Å². The standard InChI is InChI=1S/C14H23N3O3/c1-4-14(2,18)9-16-8-11-7-10(13(15)17-19)5-6-12(11)20-3/h5-7,16,18-19H,4,8-9H2,1-3H3,(H2,15,17). The van der Waals surface area contributed by atoms with Crippen molar-refractivity contribution in [2.75, 3.05) is 13.7 Å². The number of nitrogens with one attached hydrogen (secondary N) is 1. The molecule has 1 unspecified atom stereocenters. The van der Waals surface area contributed by atoms with Crippen LogP contribution < -0.4 is 15.8 Å². The molecule has 1 atom stereocenters. The molecule has 0 bridgehead atoms. The lowest BCUT2D eigenvalue weighted by molar-refractivity contribution is 0.0555. The number of ether oxygens (including phenoxy) is 1. The highest BCUT2D eigenvalue weighted by atomic mass is 16.5. The normalized spacial score (nSPS) is 14.9. The van der Waals surface area contributed by atoms with E-state index in [1.54, 1.807) is 32.2 Å². The minimum atomic E-state index is -0.740. The van der Waals surface area contributed by atoms with E-state index in [2.05, 4.69) is 10.5 Å².